The van der Waals surface area contributed by atoms with Gasteiger partial charge in [0.1, 0.15) is 28.2 Å². The van der Waals surface area contributed by atoms with Gasteiger partial charge in [0.15, 0.2) is 5.82 Å². The first-order chi connectivity index (χ1) is 18.2. The van der Waals surface area contributed by atoms with Crippen molar-refractivity contribution in [2.45, 2.75) is 17.9 Å². The molecule has 13 heteroatoms. The molecule has 0 spiro atoms. The van der Waals surface area contributed by atoms with Crippen molar-refractivity contribution in [1.82, 2.24) is 9.97 Å². The summed E-state index contributed by atoms with van der Waals surface area (Å²) in [6.07, 6.45) is 3.34. The molecule has 6 rings (SSSR count). The molecule has 1 saturated heterocycles. The number of sulfonamides is 1. The fourth-order valence-electron chi connectivity index (χ4n) is 4.52. The number of halogens is 3. The van der Waals surface area contributed by atoms with Crippen LogP contribution in [0.25, 0.3) is 11.6 Å². The monoisotopic (exact) mass is 542 g/mol. The molecular formula is C25H21F3N6O3S. The summed E-state index contributed by atoms with van der Waals surface area (Å²) < 4.78 is 76.7. The Kier molecular flexibility index (Phi) is 5.83. The fraction of sp³-hybridized carbons (Fsp3) is 0.240. The zero-order valence-electron chi connectivity index (χ0n) is 20.0. The third-order valence-corrected chi connectivity index (χ3v) is 7.83. The highest BCUT2D eigenvalue weighted by Crippen LogP contribution is 2.39. The van der Waals surface area contributed by atoms with Crippen LogP contribution in [-0.2, 0) is 14.8 Å². The maximum atomic E-state index is 16.0. The van der Waals surface area contributed by atoms with Crippen LogP contribution < -0.4 is 14.9 Å². The van der Waals surface area contributed by atoms with Crippen LogP contribution in [0.4, 0.5) is 30.6 Å². The topological polar surface area (TPSA) is 109 Å². The Morgan fingerprint density at radius 1 is 1.13 bits per heavy atom. The Labute approximate surface area is 216 Å². The zero-order valence-corrected chi connectivity index (χ0v) is 20.8. The third kappa shape index (κ3) is 4.17. The Morgan fingerprint density at radius 3 is 2.71 bits per heavy atom. The van der Waals surface area contributed by atoms with Gasteiger partial charge in [-0.1, -0.05) is 6.07 Å². The van der Waals surface area contributed by atoms with Crippen LogP contribution in [0.5, 0.6) is 0 Å². The average molecular weight is 543 g/mol. The predicted octanol–water partition coefficient (Wildman–Crippen LogP) is 3.59. The number of aliphatic imine (C=N–C) groups is 1. The standard InChI is InChI=1S/C25H21F3N6O3S/c1-13-2-5-19(33-38(35,36)20-9-15(26)3-4-18(20)27)22(28)21(13)17-8-14-10-30-25(31-16-11-37-12-16)32-23(14)34-7-6-29-24(17)34/h2-5,8-10,16,33H,6-7,11-12H2,1H3,(H,30,31,32). The van der Waals surface area contributed by atoms with Gasteiger partial charge in [0.2, 0.25) is 5.95 Å². The molecule has 0 amide bonds. The van der Waals surface area contributed by atoms with Crippen molar-refractivity contribution in [1.29, 1.82) is 0 Å². The molecule has 38 heavy (non-hydrogen) atoms. The van der Waals surface area contributed by atoms with Crippen LogP contribution in [0.1, 0.15) is 16.7 Å². The van der Waals surface area contributed by atoms with Gasteiger partial charge in [0.05, 0.1) is 31.5 Å². The SMILES string of the molecule is Cc1ccc(NS(=O)(=O)c2cc(F)ccc2F)c(F)c1C1=Cc2cnc(NC3COC3)nc2N2CCN=C12. The quantitative estimate of drug-likeness (QED) is 0.490. The molecule has 9 nitrogen and oxygen atoms in total. The van der Waals surface area contributed by atoms with E-state index in [0.29, 0.717) is 72.7 Å². The number of hydrogen-bond donors (Lipinski definition) is 2. The van der Waals surface area contributed by atoms with E-state index in [9.17, 15) is 17.2 Å². The summed E-state index contributed by atoms with van der Waals surface area (Å²) in [5.41, 5.74) is 1.30. The summed E-state index contributed by atoms with van der Waals surface area (Å²) in [5, 5.41) is 3.21. The zero-order chi connectivity index (χ0) is 26.6. The van der Waals surface area contributed by atoms with Crippen molar-refractivity contribution < 1.29 is 26.3 Å². The second kappa shape index (κ2) is 9.10. The van der Waals surface area contributed by atoms with Gasteiger partial charge in [-0.05, 0) is 42.8 Å². The molecule has 3 aromatic rings. The van der Waals surface area contributed by atoms with Crippen molar-refractivity contribution >= 4 is 45.0 Å². The number of aryl methyl sites for hydroxylation is 1. The minimum absolute atomic E-state index is 0.120. The second-order valence-electron chi connectivity index (χ2n) is 9.07. The largest absolute Gasteiger partial charge is 0.377 e. The number of amidine groups is 1. The number of aromatic nitrogens is 2. The van der Waals surface area contributed by atoms with Crippen LogP contribution in [0.15, 0.2) is 46.4 Å². The molecule has 196 valence electrons. The lowest BCUT2D eigenvalue weighted by molar-refractivity contribution is 0.0208. The maximum Gasteiger partial charge on any atom is 0.265 e. The number of hydrogen-bond acceptors (Lipinski definition) is 8. The summed E-state index contributed by atoms with van der Waals surface area (Å²) >= 11 is 0. The number of fused-ring (bicyclic) bond motifs is 3. The van der Waals surface area contributed by atoms with E-state index in [-0.39, 0.29) is 11.6 Å². The van der Waals surface area contributed by atoms with Crippen LogP contribution in [0, 0.1) is 24.4 Å². The number of nitrogens with zero attached hydrogens (tertiary/aromatic N) is 4. The fourth-order valence-corrected chi connectivity index (χ4v) is 5.67. The van der Waals surface area contributed by atoms with Gasteiger partial charge in [0, 0.05) is 29.4 Å². The highest BCUT2D eigenvalue weighted by molar-refractivity contribution is 7.92. The van der Waals surface area contributed by atoms with E-state index in [1.165, 1.54) is 6.07 Å². The number of rotatable bonds is 6. The maximum absolute atomic E-state index is 16.0. The first-order valence-electron chi connectivity index (χ1n) is 11.7. The minimum Gasteiger partial charge on any atom is -0.377 e. The minimum atomic E-state index is -4.63. The number of ether oxygens (including phenoxy) is 1. The summed E-state index contributed by atoms with van der Waals surface area (Å²) in [4.78, 5) is 14.5. The Morgan fingerprint density at radius 2 is 1.95 bits per heavy atom. The van der Waals surface area contributed by atoms with Crippen LogP contribution in [0.3, 0.4) is 0 Å². The third-order valence-electron chi connectivity index (χ3n) is 6.45. The van der Waals surface area contributed by atoms with Gasteiger partial charge in [0.25, 0.3) is 10.0 Å². The molecule has 3 aliphatic heterocycles. The molecule has 1 fully saturated rings. The van der Waals surface area contributed by atoms with E-state index >= 15 is 4.39 Å². The summed E-state index contributed by atoms with van der Waals surface area (Å²) in [7, 11) is -4.63. The molecule has 1 aromatic heterocycles. The van der Waals surface area contributed by atoms with Gasteiger partial charge >= 0.3 is 0 Å². The first kappa shape index (κ1) is 24.4. The lowest BCUT2D eigenvalue weighted by Crippen LogP contribution is -2.41. The molecule has 3 aliphatic rings. The van der Waals surface area contributed by atoms with Crippen molar-refractivity contribution in [3.63, 3.8) is 0 Å². The van der Waals surface area contributed by atoms with Gasteiger partial charge in [-0.2, -0.15) is 4.98 Å². The molecule has 0 unspecified atom stereocenters. The smallest absolute Gasteiger partial charge is 0.265 e. The predicted molar refractivity (Wildman–Crippen MR) is 136 cm³/mol. The van der Waals surface area contributed by atoms with E-state index in [0.717, 1.165) is 6.07 Å². The second-order valence-corrected chi connectivity index (χ2v) is 10.7. The first-order valence-corrected chi connectivity index (χ1v) is 13.2. The van der Waals surface area contributed by atoms with Gasteiger partial charge in [-0.25, -0.2) is 26.6 Å². The summed E-state index contributed by atoms with van der Waals surface area (Å²) in [6.45, 7) is 3.82. The van der Waals surface area contributed by atoms with Gasteiger partial charge in [-0.3, -0.25) is 9.71 Å². The normalized spacial score (nSPS) is 16.8. The molecule has 0 bridgehead atoms. The van der Waals surface area contributed by atoms with Crippen molar-refractivity contribution in [3.05, 3.63) is 70.7 Å². The number of anilines is 3. The van der Waals surface area contributed by atoms with Crippen molar-refractivity contribution in [2.24, 2.45) is 4.99 Å². The lowest BCUT2D eigenvalue weighted by atomic mass is 9.94. The van der Waals surface area contributed by atoms with E-state index in [4.69, 9.17) is 4.74 Å². The molecule has 4 heterocycles. The van der Waals surface area contributed by atoms with Crippen LogP contribution in [0.2, 0.25) is 0 Å². The lowest BCUT2D eigenvalue weighted by Gasteiger charge is -2.30. The van der Waals surface area contributed by atoms with E-state index in [1.54, 1.807) is 25.3 Å². The molecule has 2 N–H and O–H groups in total. The molecular weight excluding hydrogens is 521 g/mol. The van der Waals surface area contributed by atoms with Crippen LogP contribution >= 0.6 is 0 Å². The molecule has 0 aliphatic carbocycles. The average Bonchev–Trinajstić information content (AvgIpc) is 3.35. The molecule has 0 saturated carbocycles. The molecule has 0 atom stereocenters. The van der Waals surface area contributed by atoms with E-state index < -0.39 is 38.1 Å². The number of nitrogens with one attached hydrogen (secondary N) is 2. The molecule has 2 aromatic carbocycles. The molecule has 0 radical (unpaired) electrons. The Balaban J connectivity index is 1.40. The highest BCUT2D eigenvalue weighted by atomic mass is 32.2. The van der Waals surface area contributed by atoms with Crippen molar-refractivity contribution in [3.8, 4) is 0 Å². The Hall–Kier alpha value is -3.97. The number of benzene rings is 2. The van der Waals surface area contributed by atoms with Gasteiger partial charge < -0.3 is 15.0 Å². The summed E-state index contributed by atoms with van der Waals surface area (Å²) in [6, 6.07) is 4.94. The van der Waals surface area contributed by atoms with Crippen molar-refractivity contribution in [2.75, 3.05) is 41.2 Å². The van der Waals surface area contributed by atoms with Gasteiger partial charge in [-0.15, -0.1) is 0 Å². The summed E-state index contributed by atoms with van der Waals surface area (Å²) in [5.74, 6) is -1.41. The van der Waals surface area contributed by atoms with E-state index in [1.807, 2.05) is 4.90 Å². The highest BCUT2D eigenvalue weighted by Gasteiger charge is 2.33. The van der Waals surface area contributed by atoms with E-state index in [2.05, 4.69) is 25.0 Å². The Bertz CT molecular complexity index is 1640. The van der Waals surface area contributed by atoms with Crippen LogP contribution in [-0.4, -0.2) is 56.6 Å².